The summed E-state index contributed by atoms with van der Waals surface area (Å²) in [5.41, 5.74) is 1.49. The van der Waals surface area contributed by atoms with E-state index in [1.54, 1.807) is 13.0 Å². The molecule has 0 unspecified atom stereocenters. The van der Waals surface area contributed by atoms with Crippen LogP contribution in [0, 0.1) is 6.92 Å². The third-order valence-electron chi connectivity index (χ3n) is 4.50. The number of nitrogens with one attached hydrogen (secondary N) is 1. The number of thioether (sulfide) groups is 1. The predicted molar refractivity (Wildman–Crippen MR) is 111 cm³/mol. The van der Waals surface area contributed by atoms with Gasteiger partial charge in [-0.3, -0.25) is 4.79 Å². The average Bonchev–Trinajstić information content (AvgIpc) is 3.07. The van der Waals surface area contributed by atoms with Crippen molar-refractivity contribution in [3.05, 3.63) is 71.2 Å². The first kappa shape index (κ1) is 20.0. The number of ether oxygens (including phenoxy) is 1. The topological polar surface area (TPSA) is 68.5 Å². The lowest BCUT2D eigenvalue weighted by Crippen LogP contribution is -2.28. The maximum Gasteiger partial charge on any atom is 0.341 e. The molecular weight excluding hydrogens is 374 g/mol. The van der Waals surface area contributed by atoms with Gasteiger partial charge in [-0.2, -0.15) is 0 Å². The Bertz CT molecular complexity index is 995. The van der Waals surface area contributed by atoms with Gasteiger partial charge in [-0.05, 0) is 42.3 Å². The fourth-order valence-electron chi connectivity index (χ4n) is 3.02. The second-order valence-corrected chi connectivity index (χ2v) is 7.55. The molecule has 1 aromatic heterocycles. The van der Waals surface area contributed by atoms with Gasteiger partial charge in [-0.25, -0.2) is 4.79 Å². The van der Waals surface area contributed by atoms with E-state index >= 15 is 0 Å². The van der Waals surface area contributed by atoms with E-state index in [2.05, 4.69) is 29.6 Å². The number of benzene rings is 2. The Labute approximate surface area is 168 Å². The molecule has 1 amide bonds. The fourth-order valence-corrected chi connectivity index (χ4v) is 3.73. The minimum atomic E-state index is -0.417. The van der Waals surface area contributed by atoms with E-state index in [9.17, 15) is 9.59 Å². The normalized spacial score (nSPS) is 12.0. The first-order valence-corrected chi connectivity index (χ1v) is 10.2. The number of furan rings is 1. The summed E-state index contributed by atoms with van der Waals surface area (Å²) in [6, 6.07) is 16.0. The largest absolute Gasteiger partial charge is 0.465 e. The zero-order valence-electron chi connectivity index (χ0n) is 16.2. The highest BCUT2D eigenvalue weighted by atomic mass is 32.2. The molecule has 28 heavy (non-hydrogen) atoms. The minimum absolute atomic E-state index is 0.0397. The monoisotopic (exact) mass is 397 g/mol. The van der Waals surface area contributed by atoms with Crippen molar-refractivity contribution in [2.75, 3.05) is 12.9 Å². The van der Waals surface area contributed by atoms with Gasteiger partial charge in [0.15, 0.2) is 0 Å². The number of methoxy groups -OCH3 is 1. The standard InChI is InChI=1S/C22H23NO4S/c1-14(17-9-8-16-6-4-5-7-18(16)10-17)23-21(24)13-28-12-19-11-20(15(2)27-19)22(25)26-3/h4-11,14H,12-13H2,1-3H3,(H,23,24)/t14-/m1/s1. The first-order valence-electron chi connectivity index (χ1n) is 9.01. The molecule has 0 aliphatic rings. The third-order valence-corrected chi connectivity index (χ3v) is 5.46. The molecule has 3 aromatic rings. The number of amides is 1. The molecule has 0 saturated carbocycles. The van der Waals surface area contributed by atoms with Crippen LogP contribution >= 0.6 is 11.8 Å². The van der Waals surface area contributed by atoms with Gasteiger partial charge in [-0.15, -0.1) is 11.8 Å². The molecule has 0 bridgehead atoms. The number of esters is 1. The molecule has 0 spiro atoms. The number of hydrogen-bond acceptors (Lipinski definition) is 5. The number of hydrogen-bond donors (Lipinski definition) is 1. The maximum atomic E-state index is 12.3. The molecular formula is C22H23NO4S. The molecule has 0 fully saturated rings. The van der Waals surface area contributed by atoms with Crippen molar-refractivity contribution in [3.8, 4) is 0 Å². The molecule has 0 radical (unpaired) electrons. The summed E-state index contributed by atoms with van der Waals surface area (Å²) in [7, 11) is 1.34. The van der Waals surface area contributed by atoms with Gasteiger partial charge in [0.2, 0.25) is 5.91 Å². The summed E-state index contributed by atoms with van der Waals surface area (Å²) in [4.78, 5) is 23.9. The molecule has 1 heterocycles. The first-order chi connectivity index (χ1) is 13.5. The molecule has 3 rings (SSSR count). The molecule has 1 N–H and O–H groups in total. The summed E-state index contributed by atoms with van der Waals surface area (Å²) >= 11 is 1.44. The highest BCUT2D eigenvalue weighted by Gasteiger charge is 2.16. The highest BCUT2D eigenvalue weighted by molar-refractivity contribution is 7.99. The van der Waals surface area contributed by atoms with Crippen LogP contribution in [0.1, 0.15) is 40.4 Å². The van der Waals surface area contributed by atoms with Crippen LogP contribution in [0.25, 0.3) is 10.8 Å². The van der Waals surface area contributed by atoms with E-state index in [0.29, 0.717) is 28.6 Å². The van der Waals surface area contributed by atoms with Gasteiger partial charge >= 0.3 is 5.97 Å². The van der Waals surface area contributed by atoms with Crippen molar-refractivity contribution in [1.82, 2.24) is 5.32 Å². The minimum Gasteiger partial charge on any atom is -0.465 e. The molecule has 0 saturated heterocycles. The molecule has 5 nitrogen and oxygen atoms in total. The Hall–Kier alpha value is -2.73. The SMILES string of the molecule is COC(=O)c1cc(CSCC(=O)N[C@H](C)c2ccc3ccccc3c2)oc1C. The van der Waals surface area contributed by atoms with Crippen molar-refractivity contribution in [1.29, 1.82) is 0 Å². The van der Waals surface area contributed by atoms with E-state index in [0.717, 1.165) is 10.9 Å². The smallest absolute Gasteiger partial charge is 0.341 e. The Balaban J connectivity index is 1.51. The Morgan fingerprint density at radius 3 is 2.64 bits per heavy atom. The quantitative estimate of drug-likeness (QED) is 0.588. The van der Waals surface area contributed by atoms with Crippen molar-refractivity contribution < 1.29 is 18.7 Å². The maximum absolute atomic E-state index is 12.3. The summed E-state index contributed by atoms with van der Waals surface area (Å²) in [6.45, 7) is 3.70. The van der Waals surface area contributed by atoms with E-state index in [1.807, 2.05) is 25.1 Å². The number of rotatable bonds is 7. The van der Waals surface area contributed by atoms with Crippen molar-refractivity contribution in [3.63, 3.8) is 0 Å². The highest BCUT2D eigenvalue weighted by Crippen LogP contribution is 2.22. The van der Waals surface area contributed by atoms with E-state index in [1.165, 1.54) is 24.3 Å². The zero-order chi connectivity index (χ0) is 20.1. The fraction of sp³-hybridized carbons (Fsp3) is 0.273. The average molecular weight is 397 g/mol. The van der Waals surface area contributed by atoms with Crippen LogP contribution in [0.3, 0.4) is 0 Å². The summed E-state index contributed by atoms with van der Waals surface area (Å²) < 4.78 is 10.3. The van der Waals surface area contributed by atoms with E-state index in [4.69, 9.17) is 9.15 Å². The molecule has 2 aromatic carbocycles. The number of aryl methyl sites for hydroxylation is 1. The predicted octanol–water partition coefficient (Wildman–Crippen LogP) is 4.64. The van der Waals surface area contributed by atoms with Crippen LogP contribution in [0.4, 0.5) is 0 Å². The van der Waals surface area contributed by atoms with Gasteiger partial charge in [0, 0.05) is 0 Å². The van der Waals surface area contributed by atoms with Crippen LogP contribution in [0.15, 0.2) is 52.9 Å². The van der Waals surface area contributed by atoms with Crippen LogP contribution in [-0.2, 0) is 15.3 Å². The van der Waals surface area contributed by atoms with Gasteiger partial charge < -0.3 is 14.5 Å². The Morgan fingerprint density at radius 1 is 1.14 bits per heavy atom. The van der Waals surface area contributed by atoms with Crippen molar-refractivity contribution >= 4 is 34.4 Å². The van der Waals surface area contributed by atoms with E-state index in [-0.39, 0.29) is 11.9 Å². The second-order valence-electron chi connectivity index (χ2n) is 6.56. The molecule has 0 aliphatic heterocycles. The summed E-state index contributed by atoms with van der Waals surface area (Å²) in [5, 5.41) is 5.36. The number of fused-ring (bicyclic) bond motifs is 1. The van der Waals surface area contributed by atoms with Crippen molar-refractivity contribution in [2.45, 2.75) is 25.6 Å². The number of carbonyl (C=O) groups excluding carboxylic acids is 2. The molecule has 146 valence electrons. The van der Waals surface area contributed by atoms with Crippen molar-refractivity contribution in [2.24, 2.45) is 0 Å². The lowest BCUT2D eigenvalue weighted by atomic mass is 10.0. The summed E-state index contributed by atoms with van der Waals surface area (Å²) in [6.07, 6.45) is 0. The van der Waals surface area contributed by atoms with Crippen LogP contribution < -0.4 is 5.32 Å². The molecule has 6 heteroatoms. The Morgan fingerprint density at radius 2 is 1.89 bits per heavy atom. The van der Waals surface area contributed by atoms with Crippen LogP contribution in [0.5, 0.6) is 0 Å². The molecule has 1 atom stereocenters. The van der Waals surface area contributed by atoms with E-state index < -0.39 is 5.97 Å². The number of carbonyl (C=O) groups is 2. The summed E-state index contributed by atoms with van der Waals surface area (Å²) in [5.74, 6) is 1.54. The third kappa shape index (κ3) is 4.75. The van der Waals surface area contributed by atoms with Crippen LogP contribution in [-0.4, -0.2) is 24.7 Å². The van der Waals surface area contributed by atoms with Gasteiger partial charge in [-0.1, -0.05) is 36.4 Å². The van der Waals surface area contributed by atoms with Gasteiger partial charge in [0.05, 0.1) is 24.7 Å². The lowest BCUT2D eigenvalue weighted by Gasteiger charge is -2.15. The van der Waals surface area contributed by atoms with Gasteiger partial charge in [0.25, 0.3) is 0 Å². The van der Waals surface area contributed by atoms with Gasteiger partial charge in [0.1, 0.15) is 17.1 Å². The Kier molecular flexibility index (Phi) is 6.41. The lowest BCUT2D eigenvalue weighted by molar-refractivity contribution is -0.119. The second kappa shape index (κ2) is 8.97. The zero-order valence-corrected chi connectivity index (χ0v) is 17.0. The molecule has 0 aliphatic carbocycles. The van der Waals surface area contributed by atoms with Crippen LogP contribution in [0.2, 0.25) is 0 Å².